The number of aliphatic hydroxyl groups is 1. The standard InChI is InChI=1S/C8H12O4/c1-8(11,7(9)10)6-3-2-4-12-5-6/h2,4,6,11H,3,5H2,1H3,(H,9,10). The van der Waals surface area contributed by atoms with Gasteiger partial charge in [0, 0.05) is 5.92 Å². The molecule has 0 aromatic carbocycles. The van der Waals surface area contributed by atoms with Crippen molar-refractivity contribution in [2.24, 2.45) is 5.92 Å². The van der Waals surface area contributed by atoms with E-state index in [0.717, 1.165) is 0 Å². The van der Waals surface area contributed by atoms with Gasteiger partial charge in [0.05, 0.1) is 12.9 Å². The Morgan fingerprint density at radius 1 is 1.75 bits per heavy atom. The van der Waals surface area contributed by atoms with E-state index in [1.54, 1.807) is 6.08 Å². The van der Waals surface area contributed by atoms with Crippen LogP contribution in [0.1, 0.15) is 13.3 Å². The summed E-state index contributed by atoms with van der Waals surface area (Å²) in [7, 11) is 0. The summed E-state index contributed by atoms with van der Waals surface area (Å²) >= 11 is 0. The van der Waals surface area contributed by atoms with Crippen LogP contribution in [0.5, 0.6) is 0 Å². The minimum atomic E-state index is -1.69. The van der Waals surface area contributed by atoms with Crippen LogP contribution in [-0.4, -0.2) is 28.4 Å². The fraction of sp³-hybridized carbons (Fsp3) is 0.625. The Morgan fingerprint density at radius 3 is 2.83 bits per heavy atom. The lowest BCUT2D eigenvalue weighted by Crippen LogP contribution is -2.45. The van der Waals surface area contributed by atoms with Crippen molar-refractivity contribution in [3.05, 3.63) is 12.3 Å². The van der Waals surface area contributed by atoms with Crippen molar-refractivity contribution in [3.63, 3.8) is 0 Å². The molecule has 0 amide bonds. The van der Waals surface area contributed by atoms with E-state index in [4.69, 9.17) is 9.84 Å². The molecule has 1 aliphatic rings. The number of allylic oxidation sites excluding steroid dienone is 1. The molecule has 0 saturated heterocycles. The lowest BCUT2D eigenvalue weighted by molar-refractivity contribution is -0.164. The number of ether oxygens (including phenoxy) is 1. The van der Waals surface area contributed by atoms with Crippen LogP contribution in [-0.2, 0) is 9.53 Å². The fourth-order valence-electron chi connectivity index (χ4n) is 1.09. The van der Waals surface area contributed by atoms with Gasteiger partial charge in [-0.05, 0) is 19.4 Å². The highest BCUT2D eigenvalue weighted by atomic mass is 16.5. The molecule has 0 aliphatic carbocycles. The van der Waals surface area contributed by atoms with Gasteiger partial charge in [0.25, 0.3) is 0 Å². The second-order valence-corrected chi connectivity index (χ2v) is 3.09. The number of aliphatic carboxylic acids is 1. The molecule has 0 aromatic heterocycles. The first-order valence-electron chi connectivity index (χ1n) is 3.77. The first kappa shape index (κ1) is 9.06. The summed E-state index contributed by atoms with van der Waals surface area (Å²) < 4.78 is 4.91. The summed E-state index contributed by atoms with van der Waals surface area (Å²) in [5.41, 5.74) is -1.69. The smallest absolute Gasteiger partial charge is 0.335 e. The van der Waals surface area contributed by atoms with Gasteiger partial charge in [-0.3, -0.25) is 0 Å². The maximum atomic E-state index is 10.6. The predicted octanol–water partition coefficient (Wildman–Crippen LogP) is 0.372. The Balaban J connectivity index is 2.67. The van der Waals surface area contributed by atoms with Gasteiger partial charge in [0.1, 0.15) is 0 Å². The molecular weight excluding hydrogens is 160 g/mol. The molecule has 0 saturated carbocycles. The molecule has 0 spiro atoms. The van der Waals surface area contributed by atoms with Crippen molar-refractivity contribution in [2.45, 2.75) is 18.9 Å². The van der Waals surface area contributed by atoms with E-state index < -0.39 is 11.6 Å². The number of hydrogen-bond donors (Lipinski definition) is 2. The molecule has 1 aliphatic heterocycles. The van der Waals surface area contributed by atoms with Crippen LogP contribution in [0, 0.1) is 5.92 Å². The second kappa shape index (κ2) is 3.15. The summed E-state index contributed by atoms with van der Waals surface area (Å²) in [6.45, 7) is 1.55. The Morgan fingerprint density at radius 2 is 2.42 bits per heavy atom. The molecule has 1 heterocycles. The lowest BCUT2D eigenvalue weighted by Gasteiger charge is -2.29. The minimum absolute atomic E-state index is 0.260. The van der Waals surface area contributed by atoms with Crippen LogP contribution in [0.3, 0.4) is 0 Å². The number of rotatable bonds is 2. The zero-order valence-electron chi connectivity index (χ0n) is 6.86. The third-order valence-corrected chi connectivity index (χ3v) is 2.14. The maximum Gasteiger partial charge on any atom is 0.335 e. The van der Waals surface area contributed by atoms with Gasteiger partial charge in [0.15, 0.2) is 5.60 Å². The van der Waals surface area contributed by atoms with Crippen molar-refractivity contribution in [2.75, 3.05) is 6.61 Å². The van der Waals surface area contributed by atoms with Gasteiger partial charge in [-0.2, -0.15) is 0 Å². The largest absolute Gasteiger partial charge is 0.501 e. The Kier molecular flexibility index (Phi) is 2.38. The molecule has 2 unspecified atom stereocenters. The fourth-order valence-corrected chi connectivity index (χ4v) is 1.09. The van der Waals surface area contributed by atoms with Crippen molar-refractivity contribution >= 4 is 5.97 Å². The molecule has 4 heteroatoms. The molecule has 1 rings (SSSR count). The van der Waals surface area contributed by atoms with E-state index in [1.807, 2.05) is 0 Å². The molecule has 0 bridgehead atoms. The number of carboxylic acids is 1. The average molecular weight is 172 g/mol. The predicted molar refractivity (Wildman–Crippen MR) is 41.5 cm³/mol. The Hall–Kier alpha value is -1.03. The van der Waals surface area contributed by atoms with Gasteiger partial charge in [-0.25, -0.2) is 4.79 Å². The highest BCUT2D eigenvalue weighted by molar-refractivity contribution is 5.77. The van der Waals surface area contributed by atoms with E-state index in [9.17, 15) is 9.90 Å². The normalized spacial score (nSPS) is 27.3. The molecule has 12 heavy (non-hydrogen) atoms. The van der Waals surface area contributed by atoms with Crippen LogP contribution >= 0.6 is 0 Å². The lowest BCUT2D eigenvalue weighted by atomic mass is 9.86. The Bertz CT molecular complexity index is 207. The summed E-state index contributed by atoms with van der Waals surface area (Å²) in [4.78, 5) is 10.6. The summed E-state index contributed by atoms with van der Waals surface area (Å²) in [5.74, 6) is -1.56. The molecule has 68 valence electrons. The average Bonchev–Trinajstić information content (AvgIpc) is 2.06. The van der Waals surface area contributed by atoms with Crippen LogP contribution in [0.15, 0.2) is 12.3 Å². The van der Waals surface area contributed by atoms with E-state index in [2.05, 4.69) is 0 Å². The van der Waals surface area contributed by atoms with Crippen LogP contribution in [0.4, 0.5) is 0 Å². The molecule has 2 N–H and O–H groups in total. The zero-order chi connectivity index (χ0) is 9.19. The van der Waals surface area contributed by atoms with Gasteiger partial charge in [-0.15, -0.1) is 0 Å². The van der Waals surface area contributed by atoms with Gasteiger partial charge >= 0.3 is 5.97 Å². The number of carbonyl (C=O) groups is 1. The van der Waals surface area contributed by atoms with Crippen molar-refractivity contribution in [3.8, 4) is 0 Å². The third-order valence-electron chi connectivity index (χ3n) is 2.14. The maximum absolute atomic E-state index is 10.6. The third kappa shape index (κ3) is 1.58. The topological polar surface area (TPSA) is 66.8 Å². The SMILES string of the molecule is CC(O)(C(=O)O)C1CC=COC1. The van der Waals surface area contributed by atoms with Crippen LogP contribution < -0.4 is 0 Å². The molecular formula is C8H12O4. The van der Waals surface area contributed by atoms with Crippen molar-refractivity contribution in [1.29, 1.82) is 0 Å². The van der Waals surface area contributed by atoms with E-state index in [1.165, 1.54) is 13.2 Å². The molecule has 4 nitrogen and oxygen atoms in total. The minimum Gasteiger partial charge on any atom is -0.501 e. The summed E-state index contributed by atoms with van der Waals surface area (Å²) in [6.07, 6.45) is 3.78. The van der Waals surface area contributed by atoms with Crippen molar-refractivity contribution < 1.29 is 19.7 Å². The first-order chi connectivity index (χ1) is 5.55. The summed E-state index contributed by atoms with van der Waals surface area (Å²) in [6, 6.07) is 0. The van der Waals surface area contributed by atoms with Crippen LogP contribution in [0.25, 0.3) is 0 Å². The number of hydrogen-bond acceptors (Lipinski definition) is 3. The molecule has 0 radical (unpaired) electrons. The van der Waals surface area contributed by atoms with Gasteiger partial charge < -0.3 is 14.9 Å². The first-order valence-corrected chi connectivity index (χ1v) is 3.77. The van der Waals surface area contributed by atoms with Crippen LogP contribution in [0.2, 0.25) is 0 Å². The van der Waals surface area contributed by atoms with E-state index in [0.29, 0.717) is 6.42 Å². The quantitative estimate of drug-likeness (QED) is 0.631. The monoisotopic (exact) mass is 172 g/mol. The highest BCUT2D eigenvalue weighted by Crippen LogP contribution is 2.24. The number of carboxylic acid groups (broad SMARTS) is 1. The van der Waals surface area contributed by atoms with E-state index >= 15 is 0 Å². The second-order valence-electron chi connectivity index (χ2n) is 3.09. The van der Waals surface area contributed by atoms with Gasteiger partial charge in [0.2, 0.25) is 0 Å². The summed E-state index contributed by atoms with van der Waals surface area (Å²) in [5, 5.41) is 18.2. The van der Waals surface area contributed by atoms with Gasteiger partial charge in [-0.1, -0.05) is 0 Å². The molecule has 0 aromatic rings. The van der Waals surface area contributed by atoms with E-state index in [-0.39, 0.29) is 12.5 Å². The molecule has 0 fully saturated rings. The Labute approximate surface area is 70.5 Å². The highest BCUT2D eigenvalue weighted by Gasteiger charge is 2.39. The molecule has 2 atom stereocenters. The zero-order valence-corrected chi connectivity index (χ0v) is 6.86. The van der Waals surface area contributed by atoms with Crippen molar-refractivity contribution in [1.82, 2.24) is 0 Å².